The smallest absolute Gasteiger partial charge is 0.243 e. The van der Waals surface area contributed by atoms with Crippen molar-refractivity contribution in [1.29, 1.82) is 0 Å². The zero-order valence-corrected chi connectivity index (χ0v) is 12.9. The molecule has 4 nitrogen and oxygen atoms in total. The van der Waals surface area contributed by atoms with Crippen LogP contribution in [0.4, 0.5) is 0 Å². The number of sulfonamides is 1. The molecule has 20 heavy (non-hydrogen) atoms. The average molecular weight is 297 g/mol. The normalized spacial score (nSPS) is 24.0. The minimum Gasteiger partial charge on any atom is -0.392 e. The van der Waals surface area contributed by atoms with E-state index in [0.717, 1.165) is 24.8 Å². The van der Waals surface area contributed by atoms with Gasteiger partial charge in [0.05, 0.1) is 11.5 Å². The maximum atomic E-state index is 12.6. The van der Waals surface area contributed by atoms with E-state index in [1.54, 1.807) is 31.3 Å². The number of benzene rings is 1. The SMILES string of the molecule is CC1CCCC(N(C)S(=O)(=O)c2ccc(CO)cc2)C1. The fourth-order valence-electron chi connectivity index (χ4n) is 2.86. The number of hydrogen-bond acceptors (Lipinski definition) is 3. The molecule has 1 aliphatic carbocycles. The lowest BCUT2D eigenvalue weighted by Crippen LogP contribution is -2.39. The van der Waals surface area contributed by atoms with Crippen LogP contribution in [0.15, 0.2) is 29.2 Å². The fraction of sp³-hybridized carbons (Fsp3) is 0.600. The number of rotatable bonds is 4. The van der Waals surface area contributed by atoms with Gasteiger partial charge in [-0.2, -0.15) is 4.31 Å². The lowest BCUT2D eigenvalue weighted by Gasteiger charge is -2.33. The molecule has 1 aliphatic rings. The van der Waals surface area contributed by atoms with Crippen LogP contribution in [0.25, 0.3) is 0 Å². The van der Waals surface area contributed by atoms with Crippen LogP contribution in [-0.2, 0) is 16.6 Å². The Labute approximate surface area is 121 Å². The summed E-state index contributed by atoms with van der Waals surface area (Å²) in [6.07, 6.45) is 4.16. The van der Waals surface area contributed by atoms with Crippen LogP contribution >= 0.6 is 0 Å². The molecule has 0 bridgehead atoms. The molecule has 0 aliphatic heterocycles. The van der Waals surface area contributed by atoms with E-state index in [2.05, 4.69) is 6.92 Å². The summed E-state index contributed by atoms with van der Waals surface area (Å²) in [5, 5.41) is 9.01. The fourth-order valence-corrected chi connectivity index (χ4v) is 4.26. The molecule has 5 heteroatoms. The van der Waals surface area contributed by atoms with Crippen molar-refractivity contribution in [3.8, 4) is 0 Å². The van der Waals surface area contributed by atoms with Crippen LogP contribution < -0.4 is 0 Å². The maximum Gasteiger partial charge on any atom is 0.243 e. The Kier molecular flexibility index (Phi) is 4.83. The molecule has 0 aromatic heterocycles. The lowest BCUT2D eigenvalue weighted by molar-refractivity contribution is 0.239. The first-order valence-electron chi connectivity index (χ1n) is 7.13. The molecule has 112 valence electrons. The van der Waals surface area contributed by atoms with Crippen LogP contribution in [0.3, 0.4) is 0 Å². The highest BCUT2D eigenvalue weighted by Crippen LogP contribution is 2.29. The largest absolute Gasteiger partial charge is 0.392 e. The minimum absolute atomic E-state index is 0.0731. The van der Waals surface area contributed by atoms with E-state index in [4.69, 9.17) is 5.11 Å². The van der Waals surface area contributed by atoms with Crippen molar-refractivity contribution in [3.05, 3.63) is 29.8 Å². The van der Waals surface area contributed by atoms with Gasteiger partial charge in [-0.1, -0.05) is 31.9 Å². The number of aliphatic hydroxyl groups is 1. The van der Waals surface area contributed by atoms with Crippen molar-refractivity contribution < 1.29 is 13.5 Å². The number of nitrogens with zero attached hydrogens (tertiary/aromatic N) is 1. The highest BCUT2D eigenvalue weighted by atomic mass is 32.2. The third-order valence-corrected chi connectivity index (χ3v) is 6.13. The van der Waals surface area contributed by atoms with E-state index in [-0.39, 0.29) is 12.6 Å². The van der Waals surface area contributed by atoms with Crippen molar-refractivity contribution >= 4 is 10.0 Å². The second-order valence-corrected chi connectivity index (χ2v) is 7.75. The Morgan fingerprint density at radius 2 is 1.90 bits per heavy atom. The minimum atomic E-state index is -3.44. The average Bonchev–Trinajstić information content (AvgIpc) is 2.46. The van der Waals surface area contributed by atoms with Crippen LogP contribution in [-0.4, -0.2) is 30.9 Å². The molecule has 2 atom stereocenters. The van der Waals surface area contributed by atoms with Gasteiger partial charge in [0.1, 0.15) is 0 Å². The summed E-state index contributed by atoms with van der Waals surface area (Å²) in [5.41, 5.74) is 0.720. The van der Waals surface area contributed by atoms with E-state index in [0.29, 0.717) is 10.8 Å². The summed E-state index contributed by atoms with van der Waals surface area (Å²) < 4.78 is 26.7. The summed E-state index contributed by atoms with van der Waals surface area (Å²) in [7, 11) is -1.76. The summed E-state index contributed by atoms with van der Waals surface area (Å²) in [6.45, 7) is 2.11. The molecule has 1 aromatic rings. The highest BCUT2D eigenvalue weighted by Gasteiger charge is 2.30. The van der Waals surface area contributed by atoms with Crippen LogP contribution in [0, 0.1) is 5.92 Å². The van der Waals surface area contributed by atoms with Gasteiger partial charge in [0.25, 0.3) is 0 Å². The van der Waals surface area contributed by atoms with Crippen molar-refractivity contribution in [2.45, 2.75) is 50.2 Å². The summed E-state index contributed by atoms with van der Waals surface area (Å²) in [4.78, 5) is 0.301. The topological polar surface area (TPSA) is 57.6 Å². The molecule has 1 fully saturated rings. The first kappa shape index (κ1) is 15.5. The van der Waals surface area contributed by atoms with Crippen LogP contribution in [0.5, 0.6) is 0 Å². The molecule has 1 saturated carbocycles. The monoisotopic (exact) mass is 297 g/mol. The number of hydrogen-bond donors (Lipinski definition) is 1. The van der Waals surface area contributed by atoms with Crippen molar-refractivity contribution in [2.75, 3.05) is 7.05 Å². The molecule has 1 aromatic carbocycles. The summed E-state index contributed by atoms with van der Waals surface area (Å²) in [6, 6.07) is 6.56. The third-order valence-electron chi connectivity index (χ3n) is 4.21. The van der Waals surface area contributed by atoms with E-state index in [9.17, 15) is 8.42 Å². The highest BCUT2D eigenvalue weighted by molar-refractivity contribution is 7.89. The third kappa shape index (κ3) is 3.22. The van der Waals surface area contributed by atoms with Gasteiger partial charge in [-0.3, -0.25) is 0 Å². The standard InChI is InChI=1S/C15H23NO3S/c1-12-4-3-5-14(10-12)16(2)20(18,19)15-8-6-13(11-17)7-9-15/h6-9,12,14,17H,3-5,10-11H2,1-2H3. The van der Waals surface area contributed by atoms with Crippen molar-refractivity contribution in [1.82, 2.24) is 4.31 Å². The van der Waals surface area contributed by atoms with Crippen LogP contribution in [0.2, 0.25) is 0 Å². The molecule has 2 unspecified atom stereocenters. The molecule has 0 heterocycles. The zero-order chi connectivity index (χ0) is 14.8. The Hall–Kier alpha value is -0.910. The Balaban J connectivity index is 2.19. The first-order valence-corrected chi connectivity index (χ1v) is 8.57. The lowest BCUT2D eigenvalue weighted by atomic mass is 9.87. The maximum absolute atomic E-state index is 12.6. The Bertz CT molecular complexity index is 539. The molecule has 2 rings (SSSR count). The zero-order valence-electron chi connectivity index (χ0n) is 12.1. The quantitative estimate of drug-likeness (QED) is 0.928. The van der Waals surface area contributed by atoms with Gasteiger partial charge in [-0.25, -0.2) is 8.42 Å². The Morgan fingerprint density at radius 3 is 2.45 bits per heavy atom. The number of aliphatic hydroxyl groups excluding tert-OH is 1. The molecular formula is C15H23NO3S. The molecule has 1 N–H and O–H groups in total. The molecule has 0 saturated heterocycles. The Morgan fingerprint density at radius 1 is 1.25 bits per heavy atom. The predicted octanol–water partition coefficient (Wildman–Crippen LogP) is 2.38. The van der Waals surface area contributed by atoms with E-state index < -0.39 is 10.0 Å². The van der Waals surface area contributed by atoms with E-state index in [1.165, 1.54) is 10.7 Å². The van der Waals surface area contributed by atoms with Gasteiger partial charge in [0.2, 0.25) is 10.0 Å². The van der Waals surface area contributed by atoms with E-state index in [1.807, 2.05) is 0 Å². The van der Waals surface area contributed by atoms with Crippen LogP contribution in [0.1, 0.15) is 38.2 Å². The van der Waals surface area contributed by atoms with Gasteiger partial charge < -0.3 is 5.11 Å². The summed E-state index contributed by atoms with van der Waals surface area (Å²) in [5.74, 6) is 0.586. The predicted molar refractivity (Wildman–Crippen MR) is 78.7 cm³/mol. The second kappa shape index (κ2) is 6.24. The molecular weight excluding hydrogens is 274 g/mol. The molecule has 0 radical (unpaired) electrons. The first-order chi connectivity index (χ1) is 9.45. The molecule has 0 amide bonds. The van der Waals surface area contributed by atoms with E-state index >= 15 is 0 Å². The molecule has 0 spiro atoms. The van der Waals surface area contributed by atoms with Crippen molar-refractivity contribution in [3.63, 3.8) is 0 Å². The van der Waals surface area contributed by atoms with Gasteiger partial charge in [-0.15, -0.1) is 0 Å². The second-order valence-electron chi connectivity index (χ2n) is 5.75. The van der Waals surface area contributed by atoms with Gasteiger partial charge in [-0.05, 0) is 36.5 Å². The van der Waals surface area contributed by atoms with Crippen molar-refractivity contribution in [2.24, 2.45) is 5.92 Å². The summed E-state index contributed by atoms with van der Waals surface area (Å²) >= 11 is 0. The van der Waals surface area contributed by atoms with Gasteiger partial charge >= 0.3 is 0 Å². The van der Waals surface area contributed by atoms with Gasteiger partial charge in [0, 0.05) is 13.1 Å². The van der Waals surface area contributed by atoms with Gasteiger partial charge in [0.15, 0.2) is 0 Å².